The van der Waals surface area contributed by atoms with Gasteiger partial charge in [-0.15, -0.1) is 0 Å². The number of nitro benzene ring substituents is 1. The average molecular weight is 483 g/mol. The molecule has 3 rings (SSSR count). The molecule has 0 saturated heterocycles. The molecule has 1 aliphatic heterocycles. The van der Waals surface area contributed by atoms with E-state index in [1.807, 2.05) is 12.1 Å². The summed E-state index contributed by atoms with van der Waals surface area (Å²) in [7, 11) is 2.77. The SMILES string of the molecule is O=[N+]([O-])c1ccc(SSc2ccc(Cl)cc2C2=NCCN2)c(C(Cl)(Cl)Cl)c1. The molecule has 0 aromatic heterocycles. The van der Waals surface area contributed by atoms with Gasteiger partial charge in [0, 0.05) is 44.6 Å². The first kappa shape index (κ1) is 20.9. The van der Waals surface area contributed by atoms with Crippen molar-refractivity contribution in [3.05, 3.63) is 62.7 Å². The van der Waals surface area contributed by atoms with Crippen molar-refractivity contribution in [2.24, 2.45) is 4.99 Å². The van der Waals surface area contributed by atoms with Gasteiger partial charge in [0.25, 0.3) is 5.69 Å². The molecule has 0 fully saturated rings. The van der Waals surface area contributed by atoms with Gasteiger partial charge in [0.15, 0.2) is 0 Å². The average Bonchev–Trinajstić information content (AvgIpc) is 3.14. The second-order valence-electron chi connectivity index (χ2n) is 5.40. The van der Waals surface area contributed by atoms with Gasteiger partial charge in [0.2, 0.25) is 3.79 Å². The van der Waals surface area contributed by atoms with Crippen molar-refractivity contribution in [3.8, 4) is 0 Å². The summed E-state index contributed by atoms with van der Waals surface area (Å²) in [6.07, 6.45) is 0. The highest BCUT2D eigenvalue weighted by molar-refractivity contribution is 8.76. The van der Waals surface area contributed by atoms with Crippen LogP contribution in [0.5, 0.6) is 0 Å². The van der Waals surface area contributed by atoms with E-state index in [1.165, 1.54) is 33.7 Å². The Hall–Kier alpha value is -0.830. The molecule has 0 atom stereocenters. The van der Waals surface area contributed by atoms with Crippen LogP contribution in [0.15, 0.2) is 51.2 Å². The highest BCUT2D eigenvalue weighted by Gasteiger charge is 2.29. The summed E-state index contributed by atoms with van der Waals surface area (Å²) in [6.45, 7) is 1.48. The summed E-state index contributed by atoms with van der Waals surface area (Å²) in [5, 5.41) is 14.9. The standard InChI is InChI=1S/C16H11Cl4N3O2S2/c17-9-1-3-13(11(7-9)15-21-5-6-22-15)26-27-14-4-2-10(23(24)25)8-12(14)16(18,19)20/h1-4,7-8H,5-6H2,(H,21,22). The fourth-order valence-electron chi connectivity index (χ4n) is 2.35. The highest BCUT2D eigenvalue weighted by Crippen LogP contribution is 2.48. The number of hydrogen-bond donors (Lipinski definition) is 1. The Bertz CT molecular complexity index is 919. The number of aliphatic imine (C=N–C) groups is 1. The van der Waals surface area contributed by atoms with Gasteiger partial charge in [0.05, 0.1) is 11.5 Å². The van der Waals surface area contributed by atoms with Crippen LogP contribution in [-0.2, 0) is 3.79 Å². The third kappa shape index (κ3) is 5.16. The maximum absolute atomic E-state index is 11.0. The van der Waals surface area contributed by atoms with Crippen molar-refractivity contribution in [2.75, 3.05) is 13.1 Å². The molecule has 0 aliphatic carbocycles. The fourth-order valence-corrected chi connectivity index (χ4v) is 5.55. The van der Waals surface area contributed by atoms with Gasteiger partial charge in [0.1, 0.15) is 5.84 Å². The summed E-state index contributed by atoms with van der Waals surface area (Å²) in [4.78, 5) is 16.5. The molecule has 2 aromatic rings. The molecule has 1 heterocycles. The van der Waals surface area contributed by atoms with E-state index in [0.29, 0.717) is 16.5 Å². The van der Waals surface area contributed by atoms with Crippen LogP contribution in [0, 0.1) is 10.1 Å². The zero-order valence-electron chi connectivity index (χ0n) is 13.4. The van der Waals surface area contributed by atoms with Crippen LogP contribution in [0.2, 0.25) is 5.02 Å². The lowest BCUT2D eigenvalue weighted by molar-refractivity contribution is -0.385. The first-order valence-electron chi connectivity index (χ1n) is 7.54. The molecule has 0 unspecified atom stereocenters. The van der Waals surface area contributed by atoms with Gasteiger partial charge in [-0.3, -0.25) is 15.1 Å². The minimum atomic E-state index is -1.78. The van der Waals surface area contributed by atoms with Crippen LogP contribution in [0.4, 0.5) is 5.69 Å². The lowest BCUT2D eigenvalue weighted by atomic mass is 10.2. The lowest BCUT2D eigenvalue weighted by Crippen LogP contribution is -2.20. The second-order valence-corrected chi connectivity index (χ2v) is 10.3. The van der Waals surface area contributed by atoms with Crippen molar-refractivity contribution < 1.29 is 4.92 Å². The van der Waals surface area contributed by atoms with E-state index >= 15 is 0 Å². The van der Waals surface area contributed by atoms with Crippen molar-refractivity contribution in [1.82, 2.24) is 5.32 Å². The molecule has 0 radical (unpaired) electrons. The first-order valence-corrected chi connectivity index (χ1v) is 11.2. The molecule has 27 heavy (non-hydrogen) atoms. The van der Waals surface area contributed by atoms with E-state index in [0.717, 1.165) is 22.8 Å². The Labute approximate surface area is 183 Å². The van der Waals surface area contributed by atoms with Crippen LogP contribution in [-0.4, -0.2) is 23.8 Å². The Kier molecular flexibility index (Phi) is 6.71. The van der Waals surface area contributed by atoms with Crippen molar-refractivity contribution in [3.63, 3.8) is 0 Å². The Balaban J connectivity index is 1.90. The van der Waals surface area contributed by atoms with Gasteiger partial charge >= 0.3 is 0 Å². The fraction of sp³-hybridized carbons (Fsp3) is 0.188. The van der Waals surface area contributed by atoms with E-state index in [4.69, 9.17) is 46.4 Å². The number of nitrogens with one attached hydrogen (secondary N) is 1. The number of rotatable bonds is 5. The summed E-state index contributed by atoms with van der Waals surface area (Å²) >= 11 is 24.2. The van der Waals surface area contributed by atoms with Gasteiger partial charge in [-0.1, -0.05) is 68.0 Å². The number of nitrogens with zero attached hydrogens (tertiary/aromatic N) is 2. The van der Waals surface area contributed by atoms with E-state index in [1.54, 1.807) is 12.1 Å². The molecular formula is C16H11Cl4N3O2S2. The minimum absolute atomic E-state index is 0.137. The zero-order valence-corrected chi connectivity index (χ0v) is 18.1. The van der Waals surface area contributed by atoms with Gasteiger partial charge in [-0.2, -0.15) is 0 Å². The molecule has 11 heteroatoms. The number of benzene rings is 2. The number of amidine groups is 1. The molecule has 0 spiro atoms. The molecule has 5 nitrogen and oxygen atoms in total. The third-order valence-corrected chi connectivity index (χ3v) is 6.90. The largest absolute Gasteiger partial charge is 0.368 e. The van der Waals surface area contributed by atoms with Crippen LogP contribution in [0.25, 0.3) is 0 Å². The number of hydrogen-bond acceptors (Lipinski definition) is 6. The Morgan fingerprint density at radius 1 is 1.11 bits per heavy atom. The molecule has 1 N–H and O–H groups in total. The van der Waals surface area contributed by atoms with E-state index < -0.39 is 8.72 Å². The Morgan fingerprint density at radius 2 is 1.81 bits per heavy atom. The molecule has 2 aromatic carbocycles. The van der Waals surface area contributed by atoms with Gasteiger partial charge in [-0.05, 0) is 24.3 Å². The van der Waals surface area contributed by atoms with Crippen molar-refractivity contribution in [1.29, 1.82) is 0 Å². The van der Waals surface area contributed by atoms with Crippen LogP contribution < -0.4 is 5.32 Å². The van der Waals surface area contributed by atoms with Crippen LogP contribution >= 0.6 is 68.0 Å². The monoisotopic (exact) mass is 481 g/mol. The minimum Gasteiger partial charge on any atom is -0.368 e. The molecule has 0 bridgehead atoms. The number of non-ortho nitro benzene ring substituents is 1. The molecule has 1 aliphatic rings. The molecular weight excluding hydrogens is 472 g/mol. The quantitative estimate of drug-likeness (QED) is 0.237. The molecule has 142 valence electrons. The van der Waals surface area contributed by atoms with E-state index in [9.17, 15) is 10.1 Å². The molecule has 0 amide bonds. The first-order chi connectivity index (χ1) is 12.8. The smallest absolute Gasteiger partial charge is 0.269 e. The Morgan fingerprint density at radius 3 is 2.44 bits per heavy atom. The number of nitro groups is 1. The van der Waals surface area contributed by atoms with Crippen LogP contribution in [0.3, 0.4) is 0 Å². The highest BCUT2D eigenvalue weighted by atomic mass is 35.6. The number of halogens is 4. The van der Waals surface area contributed by atoms with Crippen molar-refractivity contribution in [2.45, 2.75) is 13.6 Å². The summed E-state index contributed by atoms with van der Waals surface area (Å²) in [5.74, 6) is 0.783. The van der Waals surface area contributed by atoms with E-state index in [2.05, 4.69) is 10.3 Å². The molecule has 0 saturated carbocycles. The van der Waals surface area contributed by atoms with E-state index in [-0.39, 0.29) is 11.3 Å². The normalized spacial score (nSPS) is 14.0. The van der Waals surface area contributed by atoms with Gasteiger partial charge < -0.3 is 5.32 Å². The summed E-state index contributed by atoms with van der Waals surface area (Å²) < 4.78 is -1.78. The lowest BCUT2D eigenvalue weighted by Gasteiger charge is -2.16. The third-order valence-electron chi connectivity index (χ3n) is 3.57. The zero-order chi connectivity index (χ0) is 19.6. The van der Waals surface area contributed by atoms with Crippen molar-refractivity contribution >= 4 is 79.5 Å². The second kappa shape index (κ2) is 8.68. The maximum atomic E-state index is 11.0. The van der Waals surface area contributed by atoms with Gasteiger partial charge in [-0.25, -0.2) is 0 Å². The predicted octanol–water partition coefficient (Wildman–Crippen LogP) is 6.22. The maximum Gasteiger partial charge on any atom is 0.269 e. The van der Waals surface area contributed by atoms with Crippen LogP contribution in [0.1, 0.15) is 11.1 Å². The summed E-state index contributed by atoms with van der Waals surface area (Å²) in [6, 6.07) is 9.75. The topological polar surface area (TPSA) is 67.5 Å². The number of alkyl halides is 3. The predicted molar refractivity (Wildman–Crippen MR) is 115 cm³/mol. The summed E-state index contributed by atoms with van der Waals surface area (Å²) in [5.41, 5.74) is 1.00.